The maximum atomic E-state index is 11.6. The van der Waals surface area contributed by atoms with Gasteiger partial charge in [-0.25, -0.2) is 0 Å². The minimum absolute atomic E-state index is 0.0658. The van der Waals surface area contributed by atoms with Crippen LogP contribution in [-0.4, -0.2) is 28.8 Å². The van der Waals surface area contributed by atoms with E-state index in [9.17, 15) is 4.79 Å². The molecule has 0 saturated heterocycles. The zero-order valence-corrected chi connectivity index (χ0v) is 9.94. The van der Waals surface area contributed by atoms with Crippen LogP contribution < -0.4 is 11.1 Å². The standard InChI is InChI=1S/C11H20N4O/c1-9(2)3-5-13-11(16)10-7-14-15(8-10)6-4-12/h7-9H,3-6,12H2,1-2H3,(H,13,16). The van der Waals surface area contributed by atoms with E-state index >= 15 is 0 Å². The number of nitrogens with two attached hydrogens (primary N) is 1. The zero-order chi connectivity index (χ0) is 12.0. The van der Waals surface area contributed by atoms with E-state index in [2.05, 4.69) is 24.3 Å². The van der Waals surface area contributed by atoms with E-state index in [0.717, 1.165) is 6.42 Å². The summed E-state index contributed by atoms with van der Waals surface area (Å²) < 4.78 is 1.68. The van der Waals surface area contributed by atoms with Crippen LogP contribution >= 0.6 is 0 Å². The lowest BCUT2D eigenvalue weighted by atomic mass is 10.1. The number of amides is 1. The first-order chi connectivity index (χ1) is 7.63. The van der Waals surface area contributed by atoms with Crippen LogP contribution in [0.15, 0.2) is 12.4 Å². The molecule has 1 rings (SSSR count). The normalized spacial score (nSPS) is 10.8. The molecule has 0 bridgehead atoms. The molecule has 90 valence electrons. The average molecular weight is 224 g/mol. The fraction of sp³-hybridized carbons (Fsp3) is 0.636. The highest BCUT2D eigenvalue weighted by Gasteiger charge is 2.07. The van der Waals surface area contributed by atoms with Crippen molar-refractivity contribution in [3.8, 4) is 0 Å². The van der Waals surface area contributed by atoms with Crippen LogP contribution in [0.4, 0.5) is 0 Å². The van der Waals surface area contributed by atoms with Gasteiger partial charge in [-0.2, -0.15) is 5.10 Å². The van der Waals surface area contributed by atoms with Crippen LogP contribution in [0.5, 0.6) is 0 Å². The number of hydrogen-bond donors (Lipinski definition) is 2. The molecule has 0 atom stereocenters. The molecule has 0 aliphatic heterocycles. The molecule has 0 aliphatic rings. The van der Waals surface area contributed by atoms with Gasteiger partial charge < -0.3 is 11.1 Å². The Morgan fingerprint density at radius 1 is 1.62 bits per heavy atom. The molecular weight excluding hydrogens is 204 g/mol. The summed E-state index contributed by atoms with van der Waals surface area (Å²) in [6.07, 6.45) is 4.28. The molecule has 1 amide bonds. The van der Waals surface area contributed by atoms with E-state index in [1.807, 2.05) is 0 Å². The molecule has 0 fully saturated rings. The Morgan fingerprint density at radius 2 is 2.38 bits per heavy atom. The third-order valence-electron chi connectivity index (χ3n) is 2.26. The van der Waals surface area contributed by atoms with E-state index in [-0.39, 0.29) is 5.91 Å². The summed E-state index contributed by atoms with van der Waals surface area (Å²) in [6, 6.07) is 0. The molecule has 5 heteroatoms. The Balaban J connectivity index is 2.40. The summed E-state index contributed by atoms with van der Waals surface area (Å²) in [5.74, 6) is 0.532. The van der Waals surface area contributed by atoms with Gasteiger partial charge in [0, 0.05) is 19.3 Å². The van der Waals surface area contributed by atoms with Gasteiger partial charge in [-0.1, -0.05) is 13.8 Å². The van der Waals surface area contributed by atoms with Crippen molar-refractivity contribution in [1.29, 1.82) is 0 Å². The number of carbonyl (C=O) groups excluding carboxylic acids is 1. The van der Waals surface area contributed by atoms with Crippen LogP contribution in [0.1, 0.15) is 30.6 Å². The highest BCUT2D eigenvalue weighted by Crippen LogP contribution is 1.99. The summed E-state index contributed by atoms with van der Waals surface area (Å²) >= 11 is 0. The Morgan fingerprint density at radius 3 is 3.00 bits per heavy atom. The van der Waals surface area contributed by atoms with Gasteiger partial charge in [-0.3, -0.25) is 9.48 Å². The van der Waals surface area contributed by atoms with E-state index in [1.165, 1.54) is 0 Å². The van der Waals surface area contributed by atoms with Crippen LogP contribution in [0.25, 0.3) is 0 Å². The largest absolute Gasteiger partial charge is 0.352 e. The molecule has 0 aromatic carbocycles. The second kappa shape index (κ2) is 6.27. The highest BCUT2D eigenvalue weighted by molar-refractivity contribution is 5.93. The molecule has 0 spiro atoms. The van der Waals surface area contributed by atoms with Crippen molar-refractivity contribution in [3.63, 3.8) is 0 Å². The Kier molecular flexibility index (Phi) is 4.98. The van der Waals surface area contributed by atoms with E-state index in [4.69, 9.17) is 5.73 Å². The molecule has 1 aromatic rings. The molecule has 3 N–H and O–H groups in total. The lowest BCUT2D eigenvalue weighted by Crippen LogP contribution is -2.25. The van der Waals surface area contributed by atoms with Crippen molar-refractivity contribution in [1.82, 2.24) is 15.1 Å². The van der Waals surface area contributed by atoms with Gasteiger partial charge >= 0.3 is 0 Å². The number of rotatable bonds is 6. The first-order valence-corrected chi connectivity index (χ1v) is 5.64. The topological polar surface area (TPSA) is 72.9 Å². The minimum atomic E-state index is -0.0658. The monoisotopic (exact) mass is 224 g/mol. The van der Waals surface area contributed by atoms with Gasteiger partial charge in [0.05, 0.1) is 18.3 Å². The first-order valence-electron chi connectivity index (χ1n) is 5.64. The molecule has 5 nitrogen and oxygen atoms in total. The highest BCUT2D eigenvalue weighted by atomic mass is 16.1. The number of carbonyl (C=O) groups is 1. The van der Waals surface area contributed by atoms with Crippen LogP contribution in [0, 0.1) is 5.92 Å². The maximum Gasteiger partial charge on any atom is 0.254 e. The Hall–Kier alpha value is -1.36. The fourth-order valence-corrected chi connectivity index (χ4v) is 1.31. The number of hydrogen-bond acceptors (Lipinski definition) is 3. The van der Waals surface area contributed by atoms with E-state index < -0.39 is 0 Å². The predicted octanol–water partition coefficient (Wildman–Crippen LogP) is 0.618. The van der Waals surface area contributed by atoms with Crippen molar-refractivity contribution in [2.75, 3.05) is 13.1 Å². The lowest BCUT2D eigenvalue weighted by molar-refractivity contribution is 0.0952. The molecule has 16 heavy (non-hydrogen) atoms. The van der Waals surface area contributed by atoms with Crippen LogP contribution in [0.2, 0.25) is 0 Å². The van der Waals surface area contributed by atoms with Crippen molar-refractivity contribution in [2.24, 2.45) is 11.7 Å². The maximum absolute atomic E-state index is 11.6. The predicted molar refractivity (Wildman–Crippen MR) is 63.1 cm³/mol. The second-order valence-electron chi connectivity index (χ2n) is 4.22. The lowest BCUT2D eigenvalue weighted by Gasteiger charge is -2.05. The Bertz CT molecular complexity index is 332. The van der Waals surface area contributed by atoms with Crippen molar-refractivity contribution in [3.05, 3.63) is 18.0 Å². The van der Waals surface area contributed by atoms with Crippen molar-refractivity contribution < 1.29 is 4.79 Å². The van der Waals surface area contributed by atoms with Crippen molar-refractivity contribution in [2.45, 2.75) is 26.8 Å². The average Bonchev–Trinajstić information content (AvgIpc) is 2.66. The molecule has 1 heterocycles. The summed E-state index contributed by atoms with van der Waals surface area (Å²) in [4.78, 5) is 11.6. The molecular formula is C11H20N4O. The van der Waals surface area contributed by atoms with Crippen LogP contribution in [-0.2, 0) is 6.54 Å². The van der Waals surface area contributed by atoms with Gasteiger partial charge in [-0.05, 0) is 12.3 Å². The fourth-order valence-electron chi connectivity index (χ4n) is 1.31. The van der Waals surface area contributed by atoms with Gasteiger partial charge in [-0.15, -0.1) is 0 Å². The zero-order valence-electron chi connectivity index (χ0n) is 9.94. The number of nitrogens with one attached hydrogen (secondary N) is 1. The second-order valence-corrected chi connectivity index (χ2v) is 4.22. The smallest absolute Gasteiger partial charge is 0.254 e. The van der Waals surface area contributed by atoms with Gasteiger partial charge in [0.25, 0.3) is 5.91 Å². The summed E-state index contributed by atoms with van der Waals surface area (Å²) in [6.45, 7) is 6.13. The molecule has 0 unspecified atom stereocenters. The van der Waals surface area contributed by atoms with E-state index in [0.29, 0.717) is 31.1 Å². The van der Waals surface area contributed by atoms with Crippen molar-refractivity contribution >= 4 is 5.91 Å². The van der Waals surface area contributed by atoms with E-state index in [1.54, 1.807) is 17.1 Å². The third-order valence-corrected chi connectivity index (χ3v) is 2.26. The van der Waals surface area contributed by atoms with Crippen LogP contribution in [0.3, 0.4) is 0 Å². The summed E-state index contributed by atoms with van der Waals surface area (Å²) in [7, 11) is 0. The Labute approximate surface area is 96.0 Å². The number of aromatic nitrogens is 2. The first kappa shape index (κ1) is 12.7. The molecule has 0 saturated carbocycles. The van der Waals surface area contributed by atoms with Gasteiger partial charge in [0.15, 0.2) is 0 Å². The van der Waals surface area contributed by atoms with Gasteiger partial charge in [0.2, 0.25) is 0 Å². The summed E-state index contributed by atoms with van der Waals surface area (Å²) in [5, 5.41) is 6.91. The van der Waals surface area contributed by atoms with Gasteiger partial charge in [0.1, 0.15) is 0 Å². The third kappa shape index (κ3) is 4.02. The minimum Gasteiger partial charge on any atom is -0.352 e. The number of nitrogens with zero attached hydrogens (tertiary/aromatic N) is 2. The SMILES string of the molecule is CC(C)CCNC(=O)c1cnn(CCN)c1. The quantitative estimate of drug-likeness (QED) is 0.744. The molecule has 0 radical (unpaired) electrons. The molecule has 0 aliphatic carbocycles. The summed E-state index contributed by atoms with van der Waals surface area (Å²) in [5.41, 5.74) is 5.99. The molecule has 1 aromatic heterocycles.